The number of nitrogens with one attached hydrogen (secondary N) is 1. The number of hydrogen-bond donors (Lipinski definition) is 1. The van der Waals surface area contributed by atoms with Crippen LogP contribution in [0.15, 0.2) is 42.5 Å². The molecule has 0 bridgehead atoms. The standard InChI is InChI=1S/C15H15NOS/c1-10-7-8-14(18-10)15(17)16-13-9-12(13)11-5-3-2-4-6-11/h2-8,12-13H,9H2,1H3,(H,16,17). The molecule has 0 radical (unpaired) electrons. The van der Waals surface area contributed by atoms with Gasteiger partial charge in [0, 0.05) is 16.8 Å². The first kappa shape index (κ1) is 11.5. The summed E-state index contributed by atoms with van der Waals surface area (Å²) < 4.78 is 0. The van der Waals surface area contributed by atoms with Gasteiger partial charge in [0.15, 0.2) is 0 Å². The fourth-order valence-corrected chi connectivity index (χ4v) is 2.99. The van der Waals surface area contributed by atoms with Gasteiger partial charge < -0.3 is 5.32 Å². The zero-order valence-corrected chi connectivity index (χ0v) is 11.0. The van der Waals surface area contributed by atoms with Crippen molar-refractivity contribution in [3.63, 3.8) is 0 Å². The van der Waals surface area contributed by atoms with Gasteiger partial charge in [0.2, 0.25) is 0 Å². The monoisotopic (exact) mass is 257 g/mol. The van der Waals surface area contributed by atoms with Gasteiger partial charge in [-0.15, -0.1) is 11.3 Å². The topological polar surface area (TPSA) is 29.1 Å². The van der Waals surface area contributed by atoms with E-state index < -0.39 is 0 Å². The zero-order chi connectivity index (χ0) is 12.5. The number of amides is 1. The van der Waals surface area contributed by atoms with Crippen LogP contribution in [0.1, 0.15) is 32.5 Å². The van der Waals surface area contributed by atoms with E-state index in [2.05, 4.69) is 29.6 Å². The summed E-state index contributed by atoms with van der Waals surface area (Å²) in [5.74, 6) is 0.563. The van der Waals surface area contributed by atoms with Crippen LogP contribution in [0, 0.1) is 6.92 Å². The van der Waals surface area contributed by atoms with Gasteiger partial charge in [-0.2, -0.15) is 0 Å². The lowest BCUT2D eigenvalue weighted by molar-refractivity contribution is 0.0954. The minimum Gasteiger partial charge on any atom is -0.348 e. The first-order chi connectivity index (χ1) is 8.74. The molecule has 1 aliphatic rings. The summed E-state index contributed by atoms with van der Waals surface area (Å²) in [6.07, 6.45) is 1.06. The lowest BCUT2D eigenvalue weighted by Crippen LogP contribution is -2.25. The summed E-state index contributed by atoms with van der Waals surface area (Å²) in [5.41, 5.74) is 1.32. The molecule has 2 nitrogen and oxygen atoms in total. The van der Waals surface area contributed by atoms with Gasteiger partial charge in [0.05, 0.1) is 4.88 Å². The normalized spacial score (nSPS) is 21.6. The van der Waals surface area contributed by atoms with Crippen molar-refractivity contribution in [2.45, 2.75) is 25.3 Å². The number of carbonyl (C=O) groups excluding carboxylic acids is 1. The van der Waals surface area contributed by atoms with Gasteiger partial charge in [-0.25, -0.2) is 0 Å². The van der Waals surface area contributed by atoms with Gasteiger partial charge in [-0.3, -0.25) is 4.79 Å². The van der Waals surface area contributed by atoms with Gasteiger partial charge in [-0.1, -0.05) is 30.3 Å². The summed E-state index contributed by atoms with van der Waals surface area (Å²) in [6.45, 7) is 2.02. The molecule has 1 amide bonds. The predicted octanol–water partition coefficient (Wildman–Crippen LogP) is 3.34. The molecule has 2 aromatic rings. The molecular weight excluding hydrogens is 242 g/mol. The lowest BCUT2D eigenvalue weighted by atomic mass is 10.1. The van der Waals surface area contributed by atoms with Crippen LogP contribution in [0.25, 0.3) is 0 Å². The molecule has 92 valence electrons. The molecule has 1 aromatic heterocycles. The molecule has 2 unspecified atom stereocenters. The summed E-state index contributed by atoms with van der Waals surface area (Å²) >= 11 is 1.55. The Kier molecular flexibility index (Phi) is 2.92. The average molecular weight is 257 g/mol. The van der Waals surface area contributed by atoms with Crippen LogP contribution in [-0.2, 0) is 0 Å². The molecule has 1 heterocycles. The van der Waals surface area contributed by atoms with Gasteiger partial charge in [0.25, 0.3) is 5.91 Å². The SMILES string of the molecule is Cc1ccc(C(=O)NC2CC2c2ccccc2)s1. The molecule has 3 heteroatoms. The van der Waals surface area contributed by atoms with Crippen LogP contribution in [0.2, 0.25) is 0 Å². The third-order valence-corrected chi connectivity index (χ3v) is 4.30. The Bertz CT molecular complexity index is 561. The average Bonchev–Trinajstić information content (AvgIpc) is 3.01. The van der Waals surface area contributed by atoms with Crippen molar-refractivity contribution in [2.24, 2.45) is 0 Å². The highest BCUT2D eigenvalue weighted by Crippen LogP contribution is 2.40. The minimum absolute atomic E-state index is 0.0662. The number of thiophene rings is 1. The van der Waals surface area contributed by atoms with Crippen LogP contribution in [0.4, 0.5) is 0 Å². The molecule has 0 spiro atoms. The van der Waals surface area contributed by atoms with Crippen molar-refractivity contribution >= 4 is 17.2 Å². The number of aryl methyl sites for hydroxylation is 1. The smallest absolute Gasteiger partial charge is 0.261 e. The maximum atomic E-state index is 12.0. The Labute approximate surface area is 111 Å². The quantitative estimate of drug-likeness (QED) is 0.897. The van der Waals surface area contributed by atoms with Crippen molar-refractivity contribution in [1.29, 1.82) is 0 Å². The summed E-state index contributed by atoms with van der Waals surface area (Å²) in [7, 11) is 0. The van der Waals surface area contributed by atoms with E-state index in [4.69, 9.17) is 0 Å². The first-order valence-corrected chi connectivity index (χ1v) is 6.98. The fourth-order valence-electron chi connectivity index (χ4n) is 2.22. The molecule has 18 heavy (non-hydrogen) atoms. The number of hydrogen-bond acceptors (Lipinski definition) is 2. The molecule has 2 atom stereocenters. The Morgan fingerprint density at radius 1 is 1.22 bits per heavy atom. The van der Waals surface area contributed by atoms with E-state index in [0.29, 0.717) is 12.0 Å². The van der Waals surface area contributed by atoms with Crippen LogP contribution < -0.4 is 5.32 Å². The van der Waals surface area contributed by atoms with Gasteiger partial charge >= 0.3 is 0 Å². The Hall–Kier alpha value is -1.61. The van der Waals surface area contributed by atoms with Crippen LogP contribution in [-0.4, -0.2) is 11.9 Å². The highest BCUT2D eigenvalue weighted by Gasteiger charge is 2.39. The Morgan fingerprint density at radius 2 is 2.00 bits per heavy atom. The van der Waals surface area contributed by atoms with Crippen molar-refractivity contribution in [2.75, 3.05) is 0 Å². The maximum Gasteiger partial charge on any atom is 0.261 e. The van der Waals surface area contributed by atoms with Gasteiger partial charge in [0.1, 0.15) is 0 Å². The second-order valence-electron chi connectivity index (χ2n) is 4.74. The fraction of sp³-hybridized carbons (Fsp3) is 0.267. The lowest BCUT2D eigenvalue weighted by Gasteiger charge is -2.03. The molecule has 3 rings (SSSR count). The van der Waals surface area contributed by atoms with Crippen LogP contribution >= 0.6 is 11.3 Å². The molecule has 0 saturated heterocycles. The number of carbonyl (C=O) groups is 1. The summed E-state index contributed by atoms with van der Waals surface area (Å²) in [6, 6.07) is 14.6. The van der Waals surface area contributed by atoms with Gasteiger partial charge in [-0.05, 0) is 31.0 Å². The highest BCUT2D eigenvalue weighted by molar-refractivity contribution is 7.13. The number of rotatable bonds is 3. The maximum absolute atomic E-state index is 12.0. The molecule has 1 fully saturated rings. The van der Waals surface area contributed by atoms with E-state index >= 15 is 0 Å². The molecule has 0 aliphatic heterocycles. The van der Waals surface area contributed by atoms with E-state index in [9.17, 15) is 4.79 Å². The van der Waals surface area contributed by atoms with E-state index in [1.165, 1.54) is 10.4 Å². The Morgan fingerprint density at radius 3 is 2.67 bits per heavy atom. The predicted molar refractivity (Wildman–Crippen MR) is 74.1 cm³/mol. The molecular formula is C15H15NOS. The van der Waals surface area contributed by atoms with Crippen molar-refractivity contribution in [3.05, 3.63) is 57.8 Å². The largest absolute Gasteiger partial charge is 0.348 e. The van der Waals surface area contributed by atoms with Crippen molar-refractivity contribution < 1.29 is 4.79 Å². The minimum atomic E-state index is 0.0662. The Balaban J connectivity index is 1.62. The van der Waals surface area contributed by atoms with E-state index in [0.717, 1.165) is 11.3 Å². The zero-order valence-electron chi connectivity index (χ0n) is 10.2. The van der Waals surface area contributed by atoms with Crippen LogP contribution in [0.5, 0.6) is 0 Å². The van der Waals surface area contributed by atoms with E-state index in [-0.39, 0.29) is 5.91 Å². The van der Waals surface area contributed by atoms with Crippen LogP contribution in [0.3, 0.4) is 0 Å². The highest BCUT2D eigenvalue weighted by atomic mass is 32.1. The summed E-state index contributed by atoms with van der Waals surface area (Å²) in [4.78, 5) is 14.0. The van der Waals surface area contributed by atoms with E-state index in [1.807, 2.05) is 25.1 Å². The molecule has 1 aromatic carbocycles. The number of benzene rings is 1. The molecule has 1 N–H and O–H groups in total. The second kappa shape index (κ2) is 4.58. The molecule has 1 aliphatic carbocycles. The molecule has 1 saturated carbocycles. The van der Waals surface area contributed by atoms with E-state index in [1.54, 1.807) is 11.3 Å². The first-order valence-electron chi connectivity index (χ1n) is 6.16. The van der Waals surface area contributed by atoms with Crippen molar-refractivity contribution in [1.82, 2.24) is 5.32 Å². The second-order valence-corrected chi connectivity index (χ2v) is 6.03. The third kappa shape index (κ3) is 2.31. The third-order valence-electron chi connectivity index (χ3n) is 3.30. The summed E-state index contributed by atoms with van der Waals surface area (Å²) in [5, 5.41) is 3.10. The van der Waals surface area contributed by atoms with Crippen molar-refractivity contribution in [3.8, 4) is 0 Å².